The zero-order chi connectivity index (χ0) is 18.2. The molecule has 1 aliphatic heterocycles. The Labute approximate surface area is 155 Å². The van der Waals surface area contributed by atoms with Gasteiger partial charge in [0.15, 0.2) is 11.5 Å². The van der Waals surface area contributed by atoms with Gasteiger partial charge in [-0.15, -0.1) is 5.10 Å². The predicted octanol–water partition coefficient (Wildman–Crippen LogP) is 2.39. The number of rotatable bonds is 3. The molecule has 0 saturated carbocycles. The maximum Gasteiger partial charge on any atom is 0.182 e. The van der Waals surface area contributed by atoms with Crippen LogP contribution in [-0.2, 0) is 0 Å². The summed E-state index contributed by atoms with van der Waals surface area (Å²) in [5, 5.41) is 8.11. The molecule has 4 aromatic rings. The van der Waals surface area contributed by atoms with Crippen molar-refractivity contribution in [2.75, 3.05) is 18.8 Å². The molecule has 0 spiro atoms. The summed E-state index contributed by atoms with van der Waals surface area (Å²) in [5.41, 5.74) is 11.1. The molecule has 1 aromatic carbocycles. The fourth-order valence-electron chi connectivity index (χ4n) is 3.22. The average molecular weight is 355 g/mol. The van der Waals surface area contributed by atoms with E-state index in [1.54, 1.807) is 12.4 Å². The molecule has 0 radical (unpaired) electrons. The van der Waals surface area contributed by atoms with E-state index in [1.165, 1.54) is 0 Å². The highest BCUT2D eigenvalue weighted by Crippen LogP contribution is 2.25. The lowest BCUT2D eigenvalue weighted by molar-refractivity contribution is 0.956. The number of nitrogens with zero attached hydrogens (tertiary/aromatic N) is 5. The fourth-order valence-corrected chi connectivity index (χ4v) is 3.22. The van der Waals surface area contributed by atoms with Crippen LogP contribution in [0, 0.1) is 0 Å². The number of amidine groups is 1. The molecule has 0 saturated heterocycles. The van der Waals surface area contributed by atoms with Crippen LogP contribution < -0.4 is 11.1 Å². The summed E-state index contributed by atoms with van der Waals surface area (Å²) >= 11 is 0. The second-order valence-electron chi connectivity index (χ2n) is 6.32. The molecule has 0 fully saturated rings. The smallest absolute Gasteiger partial charge is 0.182 e. The molecule has 0 atom stereocenters. The van der Waals surface area contributed by atoms with Crippen LogP contribution in [0.4, 0.5) is 5.69 Å². The predicted molar refractivity (Wildman–Crippen MR) is 105 cm³/mol. The molecular weight excluding hydrogens is 338 g/mol. The minimum absolute atomic E-state index is 0.649. The van der Waals surface area contributed by atoms with Crippen LogP contribution in [0.2, 0.25) is 0 Å². The van der Waals surface area contributed by atoms with Gasteiger partial charge in [-0.2, -0.15) is 0 Å². The SMILES string of the molecule is Nc1ccc(-c2nc3c(C4=NCCN4)ccc(-c4ccncc4)n3n2)cc1. The molecule has 5 rings (SSSR count). The summed E-state index contributed by atoms with van der Waals surface area (Å²) in [6, 6.07) is 15.6. The highest BCUT2D eigenvalue weighted by Gasteiger charge is 2.18. The lowest BCUT2D eigenvalue weighted by Crippen LogP contribution is -2.20. The van der Waals surface area contributed by atoms with Gasteiger partial charge >= 0.3 is 0 Å². The summed E-state index contributed by atoms with van der Waals surface area (Å²) in [7, 11) is 0. The number of anilines is 1. The number of nitrogens with one attached hydrogen (secondary N) is 1. The molecule has 0 amide bonds. The van der Waals surface area contributed by atoms with E-state index >= 15 is 0 Å². The third-order valence-corrected chi connectivity index (χ3v) is 4.56. The number of aromatic nitrogens is 4. The summed E-state index contributed by atoms with van der Waals surface area (Å²) in [5.74, 6) is 1.51. The van der Waals surface area contributed by atoms with Crippen molar-refractivity contribution >= 4 is 17.2 Å². The van der Waals surface area contributed by atoms with Gasteiger partial charge in [0.05, 0.1) is 17.8 Å². The Bertz CT molecular complexity index is 1140. The Morgan fingerprint density at radius 1 is 0.926 bits per heavy atom. The number of hydrogen-bond donors (Lipinski definition) is 2. The van der Waals surface area contributed by atoms with E-state index in [0.29, 0.717) is 11.5 Å². The van der Waals surface area contributed by atoms with Gasteiger partial charge in [-0.05, 0) is 48.5 Å². The molecule has 7 heteroatoms. The number of nitrogens with two attached hydrogens (primary N) is 1. The molecule has 3 aromatic heterocycles. The number of hydrogen-bond acceptors (Lipinski definition) is 6. The topological polar surface area (TPSA) is 93.5 Å². The molecule has 132 valence electrons. The Hall–Kier alpha value is -3.74. The largest absolute Gasteiger partial charge is 0.399 e. The van der Waals surface area contributed by atoms with Crippen molar-refractivity contribution in [1.82, 2.24) is 24.9 Å². The van der Waals surface area contributed by atoms with Crippen molar-refractivity contribution in [3.05, 3.63) is 66.5 Å². The number of benzene rings is 1. The van der Waals surface area contributed by atoms with Crippen molar-refractivity contribution in [2.24, 2.45) is 4.99 Å². The first-order valence-corrected chi connectivity index (χ1v) is 8.74. The molecule has 0 unspecified atom stereocenters. The van der Waals surface area contributed by atoms with Gasteiger partial charge in [0.1, 0.15) is 5.84 Å². The summed E-state index contributed by atoms with van der Waals surface area (Å²) in [4.78, 5) is 13.5. The maximum atomic E-state index is 5.81. The molecule has 4 heterocycles. The Balaban J connectivity index is 1.75. The minimum Gasteiger partial charge on any atom is -0.399 e. The van der Waals surface area contributed by atoms with Crippen LogP contribution in [0.5, 0.6) is 0 Å². The van der Waals surface area contributed by atoms with E-state index in [4.69, 9.17) is 15.8 Å². The third kappa shape index (κ3) is 2.69. The van der Waals surface area contributed by atoms with Crippen LogP contribution in [0.3, 0.4) is 0 Å². The summed E-state index contributed by atoms with van der Waals surface area (Å²) in [6.07, 6.45) is 3.55. The zero-order valence-corrected chi connectivity index (χ0v) is 14.5. The quantitative estimate of drug-likeness (QED) is 0.550. The highest BCUT2D eigenvalue weighted by molar-refractivity contribution is 6.05. The number of pyridine rings is 2. The van der Waals surface area contributed by atoms with Gasteiger partial charge in [0, 0.05) is 35.8 Å². The second kappa shape index (κ2) is 6.21. The zero-order valence-electron chi connectivity index (χ0n) is 14.5. The summed E-state index contributed by atoms with van der Waals surface area (Å²) < 4.78 is 1.87. The molecule has 27 heavy (non-hydrogen) atoms. The van der Waals surface area contributed by atoms with Crippen molar-refractivity contribution < 1.29 is 0 Å². The van der Waals surface area contributed by atoms with Crippen LogP contribution in [0.25, 0.3) is 28.3 Å². The molecule has 0 aliphatic carbocycles. The number of nitrogen functional groups attached to an aromatic ring is 1. The van der Waals surface area contributed by atoms with E-state index in [1.807, 2.05) is 53.0 Å². The van der Waals surface area contributed by atoms with Gasteiger partial charge < -0.3 is 11.1 Å². The van der Waals surface area contributed by atoms with E-state index in [9.17, 15) is 0 Å². The van der Waals surface area contributed by atoms with Crippen LogP contribution in [0.15, 0.2) is 65.9 Å². The van der Waals surface area contributed by atoms with E-state index in [2.05, 4.69) is 15.3 Å². The molecule has 7 nitrogen and oxygen atoms in total. The van der Waals surface area contributed by atoms with Crippen molar-refractivity contribution in [2.45, 2.75) is 0 Å². The maximum absolute atomic E-state index is 5.81. The second-order valence-corrected chi connectivity index (χ2v) is 6.32. The molecule has 1 aliphatic rings. The van der Waals surface area contributed by atoms with Crippen molar-refractivity contribution in [3.8, 4) is 22.6 Å². The normalized spacial score (nSPS) is 13.6. The van der Waals surface area contributed by atoms with E-state index in [0.717, 1.165) is 47.0 Å². The van der Waals surface area contributed by atoms with Crippen molar-refractivity contribution in [3.63, 3.8) is 0 Å². The fraction of sp³-hybridized carbons (Fsp3) is 0.100. The highest BCUT2D eigenvalue weighted by atomic mass is 15.3. The van der Waals surface area contributed by atoms with Gasteiger partial charge in [-0.25, -0.2) is 9.50 Å². The third-order valence-electron chi connectivity index (χ3n) is 4.56. The van der Waals surface area contributed by atoms with E-state index in [-0.39, 0.29) is 0 Å². The Kier molecular flexibility index (Phi) is 3.57. The molecule has 3 N–H and O–H groups in total. The Morgan fingerprint density at radius 3 is 2.48 bits per heavy atom. The number of fused-ring (bicyclic) bond motifs is 1. The van der Waals surface area contributed by atoms with Gasteiger partial charge in [-0.3, -0.25) is 9.98 Å². The number of aliphatic imine (C=N–C) groups is 1. The van der Waals surface area contributed by atoms with Gasteiger partial charge in [0.2, 0.25) is 0 Å². The van der Waals surface area contributed by atoms with Gasteiger partial charge in [0.25, 0.3) is 0 Å². The Morgan fingerprint density at radius 2 is 1.74 bits per heavy atom. The van der Waals surface area contributed by atoms with Crippen LogP contribution >= 0.6 is 0 Å². The van der Waals surface area contributed by atoms with Crippen LogP contribution in [-0.4, -0.2) is 38.5 Å². The average Bonchev–Trinajstić information content (AvgIpc) is 3.39. The minimum atomic E-state index is 0.649. The first kappa shape index (κ1) is 15.5. The van der Waals surface area contributed by atoms with Gasteiger partial charge in [-0.1, -0.05) is 0 Å². The van der Waals surface area contributed by atoms with Crippen molar-refractivity contribution in [1.29, 1.82) is 0 Å². The summed E-state index contributed by atoms with van der Waals surface area (Å²) in [6.45, 7) is 1.61. The monoisotopic (exact) mass is 355 g/mol. The first-order chi connectivity index (χ1) is 13.3. The molecular formula is C20H17N7. The first-order valence-electron chi connectivity index (χ1n) is 8.74. The molecule has 0 bridgehead atoms. The lowest BCUT2D eigenvalue weighted by Gasteiger charge is -2.08. The van der Waals surface area contributed by atoms with E-state index < -0.39 is 0 Å². The standard InChI is InChI=1S/C20H17N7/c21-15-3-1-14(2-4-15)18-25-20-16(19-23-11-12-24-19)5-6-17(27(20)26-18)13-7-9-22-10-8-13/h1-10H,11-12,21H2,(H,23,24). The lowest BCUT2D eigenvalue weighted by atomic mass is 10.1. The van der Waals surface area contributed by atoms with Crippen LogP contribution in [0.1, 0.15) is 5.56 Å².